The fourth-order valence-electron chi connectivity index (χ4n) is 6.64. The van der Waals surface area contributed by atoms with Crippen molar-refractivity contribution in [1.82, 2.24) is 0 Å². The van der Waals surface area contributed by atoms with Crippen LogP contribution in [0.25, 0.3) is 10.8 Å². The zero-order valence-electron chi connectivity index (χ0n) is 23.8. The second kappa shape index (κ2) is 12.3. The standard InChI is InChI=1S/C36H42FN3/c1-2-21-38-35-20-19-32(30-11-5-6-12-31(30)35)36(27-13-15-28(16-14-27)39-22-7-3-8-23-39)33-18-17-29(26-34(33)37)40-24-9-4-10-25-40/h5-6,11-20,26,36,38H,2-4,7-10,21-25H2,1H3. The molecule has 1 N–H and O–H groups in total. The molecule has 4 heteroatoms. The summed E-state index contributed by atoms with van der Waals surface area (Å²) >= 11 is 0. The van der Waals surface area contributed by atoms with Crippen molar-refractivity contribution < 1.29 is 4.39 Å². The maximum atomic E-state index is 16.2. The van der Waals surface area contributed by atoms with E-state index in [0.717, 1.165) is 67.2 Å². The van der Waals surface area contributed by atoms with Gasteiger partial charge >= 0.3 is 0 Å². The number of rotatable bonds is 8. The van der Waals surface area contributed by atoms with Crippen LogP contribution < -0.4 is 15.1 Å². The zero-order chi connectivity index (χ0) is 27.3. The van der Waals surface area contributed by atoms with E-state index in [1.165, 1.54) is 55.0 Å². The molecule has 208 valence electrons. The van der Waals surface area contributed by atoms with Crippen molar-refractivity contribution in [2.45, 2.75) is 57.8 Å². The van der Waals surface area contributed by atoms with Gasteiger partial charge < -0.3 is 15.1 Å². The van der Waals surface area contributed by atoms with E-state index in [9.17, 15) is 0 Å². The predicted molar refractivity (Wildman–Crippen MR) is 169 cm³/mol. The van der Waals surface area contributed by atoms with E-state index in [1.807, 2.05) is 6.07 Å². The average molecular weight is 536 g/mol. The summed E-state index contributed by atoms with van der Waals surface area (Å²) in [6.07, 6.45) is 8.52. The lowest BCUT2D eigenvalue weighted by Crippen LogP contribution is -2.29. The molecule has 0 aliphatic carbocycles. The van der Waals surface area contributed by atoms with E-state index in [2.05, 4.69) is 88.8 Å². The lowest BCUT2D eigenvalue weighted by molar-refractivity contribution is 0.571. The second-order valence-corrected chi connectivity index (χ2v) is 11.5. The van der Waals surface area contributed by atoms with Gasteiger partial charge in [-0.3, -0.25) is 0 Å². The zero-order valence-corrected chi connectivity index (χ0v) is 23.8. The molecule has 2 saturated heterocycles. The van der Waals surface area contributed by atoms with Crippen LogP contribution in [-0.2, 0) is 0 Å². The summed E-state index contributed by atoms with van der Waals surface area (Å²) in [5, 5.41) is 5.96. The Morgan fingerprint density at radius 2 is 1.27 bits per heavy atom. The topological polar surface area (TPSA) is 18.5 Å². The van der Waals surface area contributed by atoms with Crippen LogP contribution in [0.4, 0.5) is 21.5 Å². The first-order valence-electron chi connectivity index (χ1n) is 15.4. The third-order valence-electron chi connectivity index (χ3n) is 8.80. The summed E-state index contributed by atoms with van der Waals surface area (Å²) in [5.41, 5.74) is 6.43. The molecule has 2 aliphatic rings. The molecule has 1 atom stereocenters. The Morgan fingerprint density at radius 1 is 0.675 bits per heavy atom. The maximum absolute atomic E-state index is 16.2. The molecule has 2 fully saturated rings. The Hall–Kier alpha value is -3.53. The molecule has 0 saturated carbocycles. The fraction of sp³-hybridized carbons (Fsp3) is 0.389. The van der Waals surface area contributed by atoms with E-state index in [-0.39, 0.29) is 11.7 Å². The highest BCUT2D eigenvalue weighted by Crippen LogP contribution is 2.41. The van der Waals surface area contributed by atoms with Crippen LogP contribution in [0, 0.1) is 5.82 Å². The van der Waals surface area contributed by atoms with Crippen LogP contribution >= 0.6 is 0 Å². The summed E-state index contributed by atoms with van der Waals surface area (Å²) in [5.74, 6) is -0.318. The van der Waals surface area contributed by atoms with Crippen molar-refractivity contribution in [3.63, 3.8) is 0 Å². The molecule has 0 aromatic heterocycles. The van der Waals surface area contributed by atoms with Crippen molar-refractivity contribution >= 4 is 27.8 Å². The summed E-state index contributed by atoms with van der Waals surface area (Å²) in [7, 11) is 0. The number of hydrogen-bond acceptors (Lipinski definition) is 3. The minimum Gasteiger partial charge on any atom is -0.385 e. The minimum absolute atomic E-state index is 0.120. The Labute approximate surface area is 239 Å². The van der Waals surface area contributed by atoms with Gasteiger partial charge in [0.1, 0.15) is 5.82 Å². The highest BCUT2D eigenvalue weighted by molar-refractivity contribution is 5.97. The van der Waals surface area contributed by atoms with Crippen molar-refractivity contribution in [2.24, 2.45) is 0 Å². The van der Waals surface area contributed by atoms with Gasteiger partial charge in [-0.05, 0) is 97.4 Å². The van der Waals surface area contributed by atoms with Gasteiger partial charge in [0.15, 0.2) is 0 Å². The van der Waals surface area contributed by atoms with Gasteiger partial charge in [-0.2, -0.15) is 0 Å². The van der Waals surface area contributed by atoms with Gasteiger partial charge in [0.05, 0.1) is 0 Å². The first-order chi connectivity index (χ1) is 19.7. The highest BCUT2D eigenvalue weighted by atomic mass is 19.1. The lowest BCUT2D eigenvalue weighted by atomic mass is 9.82. The Bertz CT molecular complexity index is 1420. The summed E-state index contributed by atoms with van der Waals surface area (Å²) < 4.78 is 16.2. The van der Waals surface area contributed by atoms with Crippen molar-refractivity contribution in [3.8, 4) is 0 Å². The smallest absolute Gasteiger partial charge is 0.129 e. The number of hydrogen-bond donors (Lipinski definition) is 1. The number of fused-ring (bicyclic) bond motifs is 1. The highest BCUT2D eigenvalue weighted by Gasteiger charge is 2.25. The minimum atomic E-state index is -0.198. The lowest BCUT2D eigenvalue weighted by Gasteiger charge is -2.30. The Kier molecular flexibility index (Phi) is 8.22. The SMILES string of the molecule is CCCNc1ccc(C(c2ccc(N3CCCCC3)cc2)c2ccc(N3CCCCC3)cc2F)c2ccccc12. The average Bonchev–Trinajstić information content (AvgIpc) is 3.02. The molecule has 4 aromatic rings. The molecule has 2 aliphatic heterocycles. The molecule has 1 unspecified atom stereocenters. The fourth-order valence-corrected chi connectivity index (χ4v) is 6.64. The van der Waals surface area contributed by atoms with E-state index in [1.54, 1.807) is 6.07 Å². The Balaban J connectivity index is 1.44. The van der Waals surface area contributed by atoms with Crippen LogP contribution in [-0.4, -0.2) is 32.7 Å². The molecule has 0 spiro atoms. The molecule has 2 heterocycles. The third-order valence-corrected chi connectivity index (χ3v) is 8.80. The summed E-state index contributed by atoms with van der Waals surface area (Å²) in [4.78, 5) is 4.82. The Morgan fingerprint density at radius 3 is 1.93 bits per heavy atom. The van der Waals surface area contributed by atoms with E-state index in [0.29, 0.717) is 0 Å². The monoisotopic (exact) mass is 535 g/mol. The molecule has 0 radical (unpaired) electrons. The van der Waals surface area contributed by atoms with Gasteiger partial charge in [0, 0.05) is 61.1 Å². The third kappa shape index (κ3) is 5.54. The number of piperidine rings is 2. The largest absolute Gasteiger partial charge is 0.385 e. The first kappa shape index (κ1) is 26.7. The summed E-state index contributed by atoms with van der Waals surface area (Å²) in [6.45, 7) is 7.37. The quantitative estimate of drug-likeness (QED) is 0.227. The van der Waals surface area contributed by atoms with Crippen LogP contribution in [0.2, 0.25) is 0 Å². The molecule has 4 aromatic carbocycles. The van der Waals surface area contributed by atoms with E-state index < -0.39 is 0 Å². The van der Waals surface area contributed by atoms with E-state index in [4.69, 9.17) is 0 Å². The maximum Gasteiger partial charge on any atom is 0.129 e. The first-order valence-corrected chi connectivity index (χ1v) is 15.4. The van der Waals surface area contributed by atoms with Gasteiger partial charge in [-0.25, -0.2) is 4.39 Å². The van der Waals surface area contributed by atoms with Crippen molar-refractivity contribution in [2.75, 3.05) is 47.8 Å². The number of halogens is 1. The predicted octanol–water partition coefficient (Wildman–Crippen LogP) is 8.96. The van der Waals surface area contributed by atoms with Crippen LogP contribution in [0.3, 0.4) is 0 Å². The normalized spacial score (nSPS) is 16.8. The van der Waals surface area contributed by atoms with Gasteiger partial charge in [-0.1, -0.05) is 55.5 Å². The molecule has 0 amide bonds. The number of benzene rings is 4. The van der Waals surface area contributed by atoms with Crippen molar-refractivity contribution in [1.29, 1.82) is 0 Å². The number of anilines is 3. The molecular weight excluding hydrogens is 493 g/mol. The van der Waals surface area contributed by atoms with Gasteiger partial charge in [-0.15, -0.1) is 0 Å². The second-order valence-electron chi connectivity index (χ2n) is 11.5. The molecular formula is C36H42FN3. The molecule has 6 rings (SSSR count). The number of nitrogens with one attached hydrogen (secondary N) is 1. The number of nitrogens with zero attached hydrogens (tertiary/aromatic N) is 2. The summed E-state index contributed by atoms with van der Waals surface area (Å²) in [6, 6.07) is 27.9. The van der Waals surface area contributed by atoms with E-state index >= 15 is 4.39 Å². The van der Waals surface area contributed by atoms with Crippen molar-refractivity contribution in [3.05, 3.63) is 101 Å². The van der Waals surface area contributed by atoms with Crippen LogP contribution in [0.5, 0.6) is 0 Å². The van der Waals surface area contributed by atoms with Gasteiger partial charge in [0.25, 0.3) is 0 Å². The van der Waals surface area contributed by atoms with Crippen LogP contribution in [0.1, 0.15) is 74.5 Å². The van der Waals surface area contributed by atoms with Crippen LogP contribution in [0.15, 0.2) is 78.9 Å². The molecule has 0 bridgehead atoms. The molecule has 40 heavy (non-hydrogen) atoms. The van der Waals surface area contributed by atoms with Gasteiger partial charge in [0.2, 0.25) is 0 Å². The molecule has 3 nitrogen and oxygen atoms in total.